The van der Waals surface area contributed by atoms with Gasteiger partial charge >= 0.3 is 0 Å². The van der Waals surface area contributed by atoms with Gasteiger partial charge < -0.3 is 15.4 Å². The van der Waals surface area contributed by atoms with Gasteiger partial charge in [-0.2, -0.15) is 11.8 Å². The molecule has 1 saturated heterocycles. The zero-order valence-corrected chi connectivity index (χ0v) is 21.4. The molecule has 1 fully saturated rings. The summed E-state index contributed by atoms with van der Waals surface area (Å²) >= 11 is 1.80. The number of nitrogens with one attached hydrogen (secondary N) is 2. The molecule has 0 amide bonds. The zero-order valence-electron chi connectivity index (χ0n) is 17.4. The molecule has 1 atom stereocenters. The van der Waals surface area contributed by atoms with Gasteiger partial charge in [0.05, 0.1) is 12.3 Å². The van der Waals surface area contributed by atoms with E-state index in [0.717, 1.165) is 22.8 Å². The van der Waals surface area contributed by atoms with Crippen molar-refractivity contribution in [1.82, 2.24) is 14.9 Å². The number of halogens is 1. The van der Waals surface area contributed by atoms with Gasteiger partial charge in [-0.3, -0.25) is 0 Å². The van der Waals surface area contributed by atoms with Gasteiger partial charge in [-0.25, -0.2) is 17.7 Å². The van der Waals surface area contributed by atoms with Gasteiger partial charge in [0.15, 0.2) is 5.96 Å². The summed E-state index contributed by atoms with van der Waals surface area (Å²) in [5.41, 5.74) is 1.09. The largest absolute Gasteiger partial charge is 0.489 e. The average Bonchev–Trinajstić information content (AvgIpc) is 2.68. The highest BCUT2D eigenvalue weighted by Crippen LogP contribution is 2.17. The number of rotatable bonds is 9. The Balaban J connectivity index is 0.00000420. The van der Waals surface area contributed by atoms with Gasteiger partial charge in [0.1, 0.15) is 11.9 Å². The fraction of sp³-hybridized carbons (Fsp3) is 0.632. The number of aliphatic imine (C=N–C) groups is 1. The SMILES string of the molecule is CCNC(=NCC(C)Oc1ccccc1C)NCCS(=O)(=O)N1CCSCC1.I. The lowest BCUT2D eigenvalue weighted by molar-refractivity contribution is 0.228. The smallest absolute Gasteiger partial charge is 0.215 e. The molecule has 2 N–H and O–H groups in total. The molecular weight excluding hydrogens is 523 g/mol. The van der Waals surface area contributed by atoms with E-state index in [9.17, 15) is 8.42 Å². The Morgan fingerprint density at radius 2 is 1.97 bits per heavy atom. The van der Waals surface area contributed by atoms with Gasteiger partial charge in [-0.15, -0.1) is 24.0 Å². The number of nitrogens with zero attached hydrogens (tertiary/aromatic N) is 2. The van der Waals surface area contributed by atoms with Gasteiger partial charge in [0.25, 0.3) is 0 Å². The molecule has 0 saturated carbocycles. The molecule has 1 aromatic carbocycles. The fourth-order valence-electron chi connectivity index (χ4n) is 2.76. The van der Waals surface area contributed by atoms with E-state index in [2.05, 4.69) is 15.6 Å². The highest BCUT2D eigenvalue weighted by Gasteiger charge is 2.23. The van der Waals surface area contributed by atoms with Gasteiger partial charge in [-0.05, 0) is 32.4 Å². The third kappa shape index (κ3) is 9.31. The first-order chi connectivity index (χ1) is 13.4. The van der Waals surface area contributed by atoms with Crippen LogP contribution in [0.4, 0.5) is 0 Å². The topological polar surface area (TPSA) is 83.0 Å². The molecular formula is C19H33IN4O3S2. The van der Waals surface area contributed by atoms with Crippen LogP contribution in [0.25, 0.3) is 0 Å². The number of para-hydroxylation sites is 1. The van der Waals surface area contributed by atoms with Crippen LogP contribution in [0.1, 0.15) is 19.4 Å². The average molecular weight is 557 g/mol. The summed E-state index contributed by atoms with van der Waals surface area (Å²) in [6.45, 7) is 8.67. The van der Waals surface area contributed by atoms with Crippen molar-refractivity contribution in [2.24, 2.45) is 4.99 Å². The van der Waals surface area contributed by atoms with Crippen LogP contribution < -0.4 is 15.4 Å². The summed E-state index contributed by atoms with van der Waals surface area (Å²) in [5.74, 6) is 3.27. The number of guanidine groups is 1. The molecule has 1 aromatic rings. The van der Waals surface area contributed by atoms with E-state index in [1.165, 1.54) is 0 Å². The summed E-state index contributed by atoms with van der Waals surface area (Å²) < 4.78 is 32.4. The predicted molar refractivity (Wildman–Crippen MR) is 133 cm³/mol. The van der Waals surface area contributed by atoms with Crippen LogP contribution >= 0.6 is 35.7 Å². The maximum absolute atomic E-state index is 12.4. The van der Waals surface area contributed by atoms with Gasteiger partial charge in [0.2, 0.25) is 10.0 Å². The first-order valence-corrected chi connectivity index (χ1v) is 12.5. The standard InChI is InChI=1S/C19H32N4O3S2.HI/c1-4-20-19(21-9-14-28(24,25)23-10-12-27-13-11-23)22-15-17(3)26-18-8-6-5-7-16(18)2;/h5-8,17H,4,9-15H2,1-3H3,(H2,20,21,22);1H. The van der Waals surface area contributed by atoms with Crippen LogP contribution in [0.15, 0.2) is 29.3 Å². The van der Waals surface area contributed by atoms with Crippen molar-refractivity contribution < 1.29 is 13.2 Å². The second-order valence-corrected chi connectivity index (χ2v) is 9.98. The molecule has 0 aromatic heterocycles. The van der Waals surface area contributed by atoms with Crippen LogP contribution in [-0.2, 0) is 10.0 Å². The summed E-state index contributed by atoms with van der Waals surface area (Å²) in [5, 5.41) is 6.27. The molecule has 1 unspecified atom stereocenters. The zero-order chi connectivity index (χ0) is 20.4. The van der Waals surface area contributed by atoms with Crippen molar-refractivity contribution >= 4 is 51.7 Å². The maximum atomic E-state index is 12.4. The highest BCUT2D eigenvalue weighted by molar-refractivity contribution is 14.0. The van der Waals surface area contributed by atoms with E-state index in [1.807, 2.05) is 45.0 Å². The van der Waals surface area contributed by atoms with Gasteiger partial charge in [-0.1, -0.05) is 18.2 Å². The summed E-state index contributed by atoms with van der Waals surface area (Å²) in [7, 11) is -3.22. The van der Waals surface area contributed by atoms with Crippen molar-refractivity contribution in [1.29, 1.82) is 0 Å². The second kappa shape index (κ2) is 13.6. The van der Waals surface area contributed by atoms with E-state index < -0.39 is 10.0 Å². The lowest BCUT2D eigenvalue weighted by Gasteiger charge is -2.25. The molecule has 0 aliphatic carbocycles. The Kier molecular flexibility index (Phi) is 12.3. The first kappa shape index (κ1) is 26.3. The Bertz CT molecular complexity index is 741. The van der Waals surface area contributed by atoms with Crippen molar-refractivity contribution in [3.63, 3.8) is 0 Å². The number of hydrogen-bond donors (Lipinski definition) is 2. The molecule has 10 heteroatoms. The molecule has 1 heterocycles. The van der Waals surface area contributed by atoms with Crippen LogP contribution in [0.3, 0.4) is 0 Å². The van der Waals surface area contributed by atoms with Crippen molar-refractivity contribution in [3.8, 4) is 5.75 Å². The Hall–Kier alpha value is -0.720. The minimum Gasteiger partial charge on any atom is -0.489 e. The number of thioether (sulfide) groups is 1. The third-order valence-corrected chi connectivity index (χ3v) is 7.10. The maximum Gasteiger partial charge on any atom is 0.215 e. The fourth-order valence-corrected chi connectivity index (χ4v) is 5.25. The normalized spacial score (nSPS) is 16.6. The van der Waals surface area contributed by atoms with Crippen molar-refractivity contribution in [3.05, 3.63) is 29.8 Å². The minimum absolute atomic E-state index is 0. The van der Waals surface area contributed by atoms with Crippen LogP contribution in [-0.4, -0.2) is 74.8 Å². The van der Waals surface area contributed by atoms with Crippen LogP contribution in [0, 0.1) is 6.92 Å². The monoisotopic (exact) mass is 556 g/mol. The van der Waals surface area contributed by atoms with E-state index in [4.69, 9.17) is 4.74 Å². The first-order valence-electron chi connectivity index (χ1n) is 9.72. The second-order valence-electron chi connectivity index (χ2n) is 6.67. The van der Waals surface area contributed by atoms with E-state index in [0.29, 0.717) is 38.7 Å². The molecule has 0 radical (unpaired) electrons. The summed E-state index contributed by atoms with van der Waals surface area (Å²) in [6.07, 6.45) is -0.0915. The molecule has 166 valence electrons. The van der Waals surface area contributed by atoms with E-state index >= 15 is 0 Å². The van der Waals surface area contributed by atoms with Gasteiger partial charge in [0, 0.05) is 37.7 Å². The van der Waals surface area contributed by atoms with Crippen LogP contribution in [0.2, 0.25) is 0 Å². The van der Waals surface area contributed by atoms with Crippen molar-refractivity contribution in [2.45, 2.75) is 26.9 Å². The third-order valence-electron chi connectivity index (χ3n) is 4.29. The van der Waals surface area contributed by atoms with Crippen molar-refractivity contribution in [2.75, 3.05) is 50.0 Å². The number of sulfonamides is 1. The number of benzene rings is 1. The Labute approximate surface area is 196 Å². The minimum atomic E-state index is -3.22. The lowest BCUT2D eigenvalue weighted by Crippen LogP contribution is -2.44. The van der Waals surface area contributed by atoms with E-state index in [1.54, 1.807) is 16.1 Å². The molecule has 2 rings (SSSR count). The number of aryl methyl sites for hydroxylation is 1. The molecule has 7 nitrogen and oxygen atoms in total. The molecule has 1 aliphatic heterocycles. The highest BCUT2D eigenvalue weighted by atomic mass is 127. The predicted octanol–water partition coefficient (Wildman–Crippen LogP) is 2.31. The molecule has 1 aliphatic rings. The quantitative estimate of drug-likeness (QED) is 0.276. The summed E-state index contributed by atoms with van der Waals surface area (Å²) in [6, 6.07) is 7.89. The molecule has 29 heavy (non-hydrogen) atoms. The molecule has 0 bridgehead atoms. The number of ether oxygens (including phenoxy) is 1. The number of hydrogen-bond acceptors (Lipinski definition) is 5. The summed E-state index contributed by atoms with van der Waals surface area (Å²) in [4.78, 5) is 4.53. The Morgan fingerprint density at radius 3 is 2.62 bits per heavy atom. The Morgan fingerprint density at radius 1 is 1.28 bits per heavy atom. The van der Waals surface area contributed by atoms with Crippen LogP contribution in [0.5, 0.6) is 5.75 Å². The van der Waals surface area contributed by atoms with E-state index in [-0.39, 0.29) is 35.8 Å². The molecule has 0 spiro atoms. The lowest BCUT2D eigenvalue weighted by atomic mass is 10.2.